The summed E-state index contributed by atoms with van der Waals surface area (Å²) in [4.78, 5) is 14.2. The van der Waals surface area contributed by atoms with Crippen molar-refractivity contribution in [2.75, 3.05) is 46.9 Å². The van der Waals surface area contributed by atoms with E-state index in [-0.39, 0.29) is 16.8 Å². The predicted octanol–water partition coefficient (Wildman–Crippen LogP) is 0.323. The quantitative estimate of drug-likeness (QED) is 0.679. The fourth-order valence-electron chi connectivity index (χ4n) is 3.32. The molecule has 0 aliphatic carbocycles. The van der Waals surface area contributed by atoms with Crippen molar-refractivity contribution in [3.8, 4) is 0 Å². The SMILES string of the molecule is C[NH+](C)C[C@@H](NC(=O)c1cccc(S(=O)(=O)N2CCOCC2)c1)c1ccccc1. The van der Waals surface area contributed by atoms with Gasteiger partial charge in [-0.15, -0.1) is 0 Å². The molecule has 1 fully saturated rings. The van der Waals surface area contributed by atoms with Gasteiger partial charge in [0, 0.05) is 18.7 Å². The van der Waals surface area contributed by atoms with Gasteiger partial charge in [0.2, 0.25) is 10.0 Å². The average Bonchev–Trinajstić information content (AvgIpc) is 2.74. The number of sulfonamides is 1. The van der Waals surface area contributed by atoms with Gasteiger partial charge in [-0.1, -0.05) is 36.4 Å². The van der Waals surface area contributed by atoms with Crippen LogP contribution in [0, 0.1) is 0 Å². The number of carbonyl (C=O) groups excluding carboxylic acids is 1. The van der Waals surface area contributed by atoms with E-state index >= 15 is 0 Å². The first-order valence-electron chi connectivity index (χ1n) is 9.71. The molecule has 0 saturated carbocycles. The number of nitrogens with zero attached hydrogens (tertiary/aromatic N) is 1. The number of carbonyl (C=O) groups is 1. The highest BCUT2D eigenvalue weighted by Crippen LogP contribution is 2.19. The third-order valence-corrected chi connectivity index (χ3v) is 6.72. The van der Waals surface area contributed by atoms with Crippen LogP contribution in [0.2, 0.25) is 0 Å². The van der Waals surface area contributed by atoms with E-state index in [1.807, 2.05) is 44.4 Å². The molecule has 2 N–H and O–H groups in total. The summed E-state index contributed by atoms with van der Waals surface area (Å²) in [7, 11) is 0.402. The molecular formula is C21H28N3O4S+. The van der Waals surface area contributed by atoms with E-state index in [4.69, 9.17) is 4.74 Å². The first-order valence-corrected chi connectivity index (χ1v) is 11.1. The van der Waals surface area contributed by atoms with E-state index in [1.54, 1.807) is 12.1 Å². The van der Waals surface area contributed by atoms with Gasteiger partial charge in [0.15, 0.2) is 0 Å². The monoisotopic (exact) mass is 418 g/mol. The van der Waals surface area contributed by atoms with E-state index < -0.39 is 10.0 Å². The first-order chi connectivity index (χ1) is 13.9. The molecule has 1 saturated heterocycles. The molecule has 2 aromatic carbocycles. The summed E-state index contributed by atoms with van der Waals surface area (Å²) in [5.74, 6) is -0.292. The second-order valence-electron chi connectivity index (χ2n) is 7.39. The molecule has 0 radical (unpaired) electrons. The van der Waals surface area contributed by atoms with E-state index in [0.29, 0.717) is 38.4 Å². The van der Waals surface area contributed by atoms with Crippen molar-refractivity contribution < 1.29 is 22.8 Å². The molecule has 0 aromatic heterocycles. The Bertz CT molecular complexity index is 926. The van der Waals surface area contributed by atoms with Crippen LogP contribution < -0.4 is 10.2 Å². The van der Waals surface area contributed by atoms with E-state index in [0.717, 1.165) is 5.56 Å². The van der Waals surface area contributed by atoms with Crippen molar-refractivity contribution in [2.24, 2.45) is 0 Å². The summed E-state index contributed by atoms with van der Waals surface area (Å²) in [5, 5.41) is 3.05. The molecule has 8 heteroatoms. The van der Waals surface area contributed by atoms with Crippen molar-refractivity contribution in [1.82, 2.24) is 9.62 Å². The Morgan fingerprint density at radius 1 is 1.10 bits per heavy atom. The summed E-state index contributed by atoms with van der Waals surface area (Å²) < 4.78 is 32.4. The number of hydrogen-bond acceptors (Lipinski definition) is 4. The van der Waals surface area contributed by atoms with E-state index in [9.17, 15) is 13.2 Å². The van der Waals surface area contributed by atoms with E-state index in [1.165, 1.54) is 21.3 Å². The van der Waals surface area contributed by atoms with Crippen molar-refractivity contribution >= 4 is 15.9 Å². The number of likely N-dealkylation sites (N-methyl/N-ethyl adjacent to an activating group) is 1. The lowest BCUT2D eigenvalue weighted by molar-refractivity contribution is -0.860. The lowest BCUT2D eigenvalue weighted by Crippen LogP contribution is -3.06. The Kier molecular flexibility index (Phi) is 7.02. The van der Waals surface area contributed by atoms with Gasteiger partial charge in [0.1, 0.15) is 12.6 Å². The maximum absolute atomic E-state index is 12.9. The maximum Gasteiger partial charge on any atom is 0.252 e. The fraction of sp³-hybridized carbons (Fsp3) is 0.381. The van der Waals surface area contributed by atoms with Crippen LogP contribution in [-0.4, -0.2) is 65.6 Å². The van der Waals surface area contributed by atoms with Crippen molar-refractivity contribution in [3.63, 3.8) is 0 Å². The highest BCUT2D eigenvalue weighted by Gasteiger charge is 2.27. The molecule has 156 valence electrons. The average molecular weight is 419 g/mol. The molecule has 1 atom stereocenters. The Morgan fingerprint density at radius 2 is 1.79 bits per heavy atom. The summed E-state index contributed by atoms with van der Waals surface area (Å²) in [6.45, 7) is 2.11. The van der Waals surface area contributed by atoms with Gasteiger partial charge < -0.3 is 15.0 Å². The molecule has 1 aliphatic rings. The fourth-order valence-corrected chi connectivity index (χ4v) is 4.78. The van der Waals surface area contributed by atoms with Gasteiger partial charge in [-0.3, -0.25) is 4.79 Å². The van der Waals surface area contributed by atoms with Gasteiger partial charge >= 0.3 is 0 Å². The van der Waals surface area contributed by atoms with Crippen LogP contribution in [0.15, 0.2) is 59.5 Å². The summed E-state index contributed by atoms with van der Waals surface area (Å²) >= 11 is 0. The van der Waals surface area contributed by atoms with Crippen LogP contribution in [0.5, 0.6) is 0 Å². The Labute approximate surface area is 172 Å². The number of rotatable bonds is 7. The lowest BCUT2D eigenvalue weighted by atomic mass is 10.1. The first kappa shape index (κ1) is 21.4. The van der Waals surface area contributed by atoms with Crippen LogP contribution in [0.3, 0.4) is 0 Å². The van der Waals surface area contributed by atoms with Gasteiger partial charge in [-0.2, -0.15) is 4.31 Å². The minimum Gasteiger partial charge on any atom is -0.379 e. The molecule has 29 heavy (non-hydrogen) atoms. The molecule has 0 spiro atoms. The molecule has 0 bridgehead atoms. The zero-order chi connectivity index (χ0) is 20.9. The summed E-state index contributed by atoms with van der Waals surface area (Å²) in [6, 6.07) is 15.8. The van der Waals surface area contributed by atoms with Gasteiger partial charge in [0.25, 0.3) is 5.91 Å². The molecule has 1 aliphatic heterocycles. The third kappa shape index (κ3) is 5.42. The number of quaternary nitrogens is 1. The molecule has 7 nitrogen and oxygen atoms in total. The highest BCUT2D eigenvalue weighted by atomic mass is 32.2. The molecule has 1 heterocycles. The molecular weight excluding hydrogens is 390 g/mol. The minimum atomic E-state index is -3.65. The number of nitrogens with one attached hydrogen (secondary N) is 2. The zero-order valence-electron chi connectivity index (χ0n) is 16.8. The number of morpholine rings is 1. The van der Waals surface area contributed by atoms with Crippen LogP contribution in [0.25, 0.3) is 0 Å². The number of benzene rings is 2. The standard InChI is InChI=1S/C21H27N3O4S/c1-23(2)16-20(17-7-4-3-5-8-17)22-21(25)18-9-6-10-19(15-18)29(26,27)24-11-13-28-14-12-24/h3-10,15,20H,11-14,16H2,1-2H3,(H,22,25)/p+1/t20-/m1/s1. The van der Waals surface area contributed by atoms with Crippen molar-refractivity contribution in [3.05, 3.63) is 65.7 Å². The highest BCUT2D eigenvalue weighted by molar-refractivity contribution is 7.89. The van der Waals surface area contributed by atoms with Crippen molar-refractivity contribution in [1.29, 1.82) is 0 Å². The molecule has 1 amide bonds. The predicted molar refractivity (Wildman–Crippen MR) is 110 cm³/mol. The zero-order valence-corrected chi connectivity index (χ0v) is 17.6. The lowest BCUT2D eigenvalue weighted by Gasteiger charge is -2.26. The topological polar surface area (TPSA) is 80.2 Å². The normalized spacial score (nSPS) is 16.5. The smallest absolute Gasteiger partial charge is 0.252 e. The van der Waals surface area contributed by atoms with Crippen molar-refractivity contribution in [2.45, 2.75) is 10.9 Å². The molecule has 3 rings (SSSR count). The largest absolute Gasteiger partial charge is 0.379 e. The second-order valence-corrected chi connectivity index (χ2v) is 9.33. The van der Waals surface area contributed by atoms with Gasteiger partial charge in [-0.05, 0) is 23.8 Å². The van der Waals surface area contributed by atoms with Gasteiger partial charge in [-0.25, -0.2) is 8.42 Å². The van der Waals surface area contributed by atoms with Crippen LogP contribution in [-0.2, 0) is 14.8 Å². The van der Waals surface area contributed by atoms with E-state index in [2.05, 4.69) is 5.32 Å². The molecule has 2 aromatic rings. The second kappa shape index (κ2) is 9.49. The number of ether oxygens (including phenoxy) is 1. The number of amides is 1. The Hall–Kier alpha value is -2.26. The third-order valence-electron chi connectivity index (χ3n) is 4.82. The maximum atomic E-state index is 12.9. The van der Waals surface area contributed by atoms with Gasteiger partial charge in [0.05, 0.1) is 32.2 Å². The summed E-state index contributed by atoms with van der Waals surface area (Å²) in [6.07, 6.45) is 0. The number of hydrogen-bond donors (Lipinski definition) is 2. The van der Waals surface area contributed by atoms with Crippen LogP contribution in [0.1, 0.15) is 22.0 Å². The minimum absolute atomic E-state index is 0.126. The van der Waals surface area contributed by atoms with Crippen LogP contribution in [0.4, 0.5) is 0 Å². The van der Waals surface area contributed by atoms with Crippen LogP contribution >= 0.6 is 0 Å². The molecule has 0 unspecified atom stereocenters. The Morgan fingerprint density at radius 3 is 2.45 bits per heavy atom. The summed E-state index contributed by atoms with van der Waals surface area (Å²) in [5.41, 5.74) is 1.34. The Balaban J connectivity index is 1.81.